The van der Waals surface area contributed by atoms with E-state index in [4.69, 9.17) is 14.2 Å². The van der Waals surface area contributed by atoms with E-state index in [-0.39, 0.29) is 49.1 Å². The third kappa shape index (κ3) is 6.76. The van der Waals surface area contributed by atoms with Gasteiger partial charge in [-0.05, 0) is 35.4 Å². The van der Waals surface area contributed by atoms with Gasteiger partial charge in [0, 0.05) is 12.8 Å². The van der Waals surface area contributed by atoms with Gasteiger partial charge < -0.3 is 44.8 Å². The van der Waals surface area contributed by atoms with Crippen molar-refractivity contribution in [2.75, 3.05) is 20.3 Å². The molecule has 1 fully saturated rings. The Morgan fingerprint density at radius 2 is 1.31 bits per heavy atom. The van der Waals surface area contributed by atoms with Crippen molar-refractivity contribution in [1.29, 1.82) is 0 Å². The first kappa shape index (κ1) is 27.0. The van der Waals surface area contributed by atoms with Crippen LogP contribution in [0.1, 0.15) is 24.0 Å². The highest BCUT2D eigenvalue weighted by molar-refractivity contribution is 5.79. The molecule has 0 amide bonds. The Labute approximate surface area is 207 Å². The summed E-state index contributed by atoms with van der Waals surface area (Å²) >= 11 is 0. The molecule has 0 aliphatic heterocycles. The second-order valence-electron chi connectivity index (χ2n) is 8.47. The van der Waals surface area contributed by atoms with Gasteiger partial charge in [0.2, 0.25) is 0 Å². The predicted octanol–water partition coefficient (Wildman–Crippen LogP) is 2.06. The van der Waals surface area contributed by atoms with E-state index in [1.165, 1.54) is 24.3 Å². The summed E-state index contributed by atoms with van der Waals surface area (Å²) in [6.07, 6.45) is 3.10. The molecular weight excluding hydrogens is 472 g/mol. The number of benzene rings is 2. The zero-order chi connectivity index (χ0) is 26.3. The lowest BCUT2D eigenvalue weighted by Crippen LogP contribution is -2.57. The number of carbonyl (C=O) groups excluding carboxylic acids is 1. The van der Waals surface area contributed by atoms with Gasteiger partial charge in [-0.15, -0.1) is 0 Å². The van der Waals surface area contributed by atoms with Crippen molar-refractivity contribution in [3.05, 3.63) is 59.7 Å². The van der Waals surface area contributed by atoms with Gasteiger partial charge in [0.1, 0.15) is 6.10 Å². The Kier molecular flexibility index (Phi) is 8.94. The Morgan fingerprint density at radius 3 is 1.69 bits per heavy atom. The van der Waals surface area contributed by atoms with E-state index in [2.05, 4.69) is 0 Å². The van der Waals surface area contributed by atoms with Crippen LogP contribution < -0.4 is 0 Å². The summed E-state index contributed by atoms with van der Waals surface area (Å²) in [5, 5.41) is 59.6. The van der Waals surface area contributed by atoms with Crippen LogP contribution in [-0.2, 0) is 19.0 Å². The molecule has 36 heavy (non-hydrogen) atoms. The molecule has 2 atom stereocenters. The van der Waals surface area contributed by atoms with Crippen LogP contribution in [0.2, 0.25) is 0 Å². The van der Waals surface area contributed by atoms with Gasteiger partial charge in [-0.25, -0.2) is 4.79 Å². The summed E-state index contributed by atoms with van der Waals surface area (Å²) in [6, 6.07) is 8.61. The summed E-state index contributed by atoms with van der Waals surface area (Å²) in [6.45, 7) is 0.0508. The number of methoxy groups -OCH3 is 1. The number of phenolic OH excluding ortho intramolecular Hbond substituents is 4. The smallest absolute Gasteiger partial charge is 0.338 e. The molecular formula is C26H30O10. The number of aliphatic hydroxyl groups is 2. The molecule has 10 heteroatoms. The van der Waals surface area contributed by atoms with E-state index in [0.29, 0.717) is 11.1 Å². The first-order valence-electron chi connectivity index (χ1n) is 11.2. The fraction of sp³-hybridized carbons (Fsp3) is 0.346. The number of aliphatic hydroxyl groups excluding tert-OH is 1. The molecule has 0 saturated heterocycles. The standard InChI is InChI=1S/C26H30O10/c1-34-25(32)26(33)14-22(35-10-2-4-16-6-8-18(27)20(29)12-16)24(31)23(15-26)36-11-3-5-17-7-9-19(28)21(30)13-17/h2-9,12-13,22-24,27-31,33H,10-11,14-15H2,1H3/b4-2+,5-3+/t22-,23-,24?,26?/m1/s1. The highest BCUT2D eigenvalue weighted by Crippen LogP contribution is 2.34. The van der Waals surface area contributed by atoms with E-state index in [1.54, 1.807) is 36.4 Å². The Morgan fingerprint density at radius 1 is 0.861 bits per heavy atom. The number of ether oxygens (including phenoxy) is 3. The molecule has 10 nitrogen and oxygen atoms in total. The molecule has 0 bridgehead atoms. The van der Waals surface area contributed by atoms with Crippen LogP contribution in [0.3, 0.4) is 0 Å². The molecule has 2 aromatic rings. The molecule has 6 N–H and O–H groups in total. The molecule has 3 rings (SSSR count). The van der Waals surface area contributed by atoms with Gasteiger partial charge in [0.25, 0.3) is 0 Å². The van der Waals surface area contributed by atoms with Crippen molar-refractivity contribution in [3.8, 4) is 23.0 Å². The second kappa shape index (κ2) is 11.9. The highest BCUT2D eigenvalue weighted by atomic mass is 16.5. The zero-order valence-corrected chi connectivity index (χ0v) is 19.7. The molecule has 1 saturated carbocycles. The third-order valence-electron chi connectivity index (χ3n) is 5.84. The van der Waals surface area contributed by atoms with Gasteiger partial charge in [-0.1, -0.05) is 36.4 Å². The molecule has 2 aromatic carbocycles. The van der Waals surface area contributed by atoms with E-state index >= 15 is 0 Å². The summed E-state index contributed by atoms with van der Waals surface area (Å²) in [7, 11) is 1.16. The van der Waals surface area contributed by atoms with Gasteiger partial charge in [-0.3, -0.25) is 0 Å². The van der Waals surface area contributed by atoms with Crippen LogP contribution in [-0.4, -0.2) is 80.8 Å². The number of rotatable bonds is 9. The van der Waals surface area contributed by atoms with Gasteiger partial charge in [0.05, 0.1) is 32.5 Å². The molecule has 0 spiro atoms. The first-order chi connectivity index (χ1) is 17.1. The normalized spacial score (nSPS) is 24.4. The monoisotopic (exact) mass is 502 g/mol. The van der Waals surface area contributed by atoms with Crippen LogP contribution in [0.5, 0.6) is 23.0 Å². The van der Waals surface area contributed by atoms with Gasteiger partial charge in [0.15, 0.2) is 28.6 Å². The fourth-order valence-corrected chi connectivity index (χ4v) is 3.92. The predicted molar refractivity (Wildman–Crippen MR) is 129 cm³/mol. The second-order valence-corrected chi connectivity index (χ2v) is 8.47. The first-order valence-corrected chi connectivity index (χ1v) is 11.2. The van der Waals surface area contributed by atoms with E-state index in [9.17, 15) is 35.4 Å². The molecule has 0 unspecified atom stereocenters. The lowest BCUT2D eigenvalue weighted by molar-refractivity contribution is -0.200. The Bertz CT molecular complexity index is 1030. The Hall–Kier alpha value is -3.57. The van der Waals surface area contributed by atoms with Crippen molar-refractivity contribution < 1.29 is 49.6 Å². The third-order valence-corrected chi connectivity index (χ3v) is 5.84. The van der Waals surface area contributed by atoms with Crippen LogP contribution >= 0.6 is 0 Å². The van der Waals surface area contributed by atoms with Crippen LogP contribution in [0.25, 0.3) is 12.2 Å². The quantitative estimate of drug-likeness (QED) is 0.221. The average molecular weight is 503 g/mol. The zero-order valence-electron chi connectivity index (χ0n) is 19.7. The van der Waals surface area contributed by atoms with Crippen molar-refractivity contribution in [3.63, 3.8) is 0 Å². The van der Waals surface area contributed by atoms with Crippen LogP contribution in [0, 0.1) is 0 Å². The minimum atomic E-state index is -1.91. The lowest BCUT2D eigenvalue weighted by atomic mass is 9.79. The maximum Gasteiger partial charge on any atom is 0.338 e. The van der Waals surface area contributed by atoms with Crippen molar-refractivity contribution in [2.24, 2.45) is 0 Å². The molecule has 0 aromatic heterocycles. The van der Waals surface area contributed by atoms with E-state index in [0.717, 1.165) is 7.11 Å². The SMILES string of the molecule is COC(=O)C1(O)C[C@@H](OC/C=C/c2ccc(O)c(O)c2)C(O)[C@H](OC/C=C/c2ccc(O)c(O)c2)C1. The Balaban J connectivity index is 1.63. The molecule has 0 radical (unpaired) electrons. The number of aromatic hydroxyl groups is 4. The average Bonchev–Trinajstić information content (AvgIpc) is 2.85. The molecule has 1 aliphatic rings. The number of esters is 1. The number of hydrogen-bond donors (Lipinski definition) is 6. The van der Waals surface area contributed by atoms with Crippen molar-refractivity contribution in [1.82, 2.24) is 0 Å². The van der Waals surface area contributed by atoms with Gasteiger partial charge in [-0.2, -0.15) is 0 Å². The van der Waals surface area contributed by atoms with Crippen molar-refractivity contribution >= 4 is 18.1 Å². The summed E-state index contributed by atoms with van der Waals surface area (Å²) in [5.74, 6) is -1.86. The highest BCUT2D eigenvalue weighted by Gasteiger charge is 2.50. The van der Waals surface area contributed by atoms with Crippen LogP contribution in [0.15, 0.2) is 48.6 Å². The lowest BCUT2D eigenvalue weighted by Gasteiger charge is -2.41. The minimum absolute atomic E-state index is 0.0254. The van der Waals surface area contributed by atoms with Gasteiger partial charge >= 0.3 is 5.97 Å². The number of hydrogen-bond acceptors (Lipinski definition) is 10. The topological polar surface area (TPSA) is 166 Å². The molecule has 1 aliphatic carbocycles. The summed E-state index contributed by atoms with van der Waals surface area (Å²) in [5.41, 5.74) is -0.694. The van der Waals surface area contributed by atoms with E-state index < -0.39 is 29.9 Å². The minimum Gasteiger partial charge on any atom is -0.504 e. The summed E-state index contributed by atoms with van der Waals surface area (Å²) in [4.78, 5) is 12.3. The molecule has 194 valence electrons. The largest absolute Gasteiger partial charge is 0.504 e. The summed E-state index contributed by atoms with van der Waals surface area (Å²) < 4.78 is 16.2. The van der Waals surface area contributed by atoms with Crippen molar-refractivity contribution in [2.45, 2.75) is 36.8 Å². The number of phenols is 4. The maximum absolute atomic E-state index is 12.3. The van der Waals surface area contributed by atoms with E-state index in [1.807, 2.05) is 0 Å². The fourth-order valence-electron chi connectivity index (χ4n) is 3.92. The number of carbonyl (C=O) groups is 1. The maximum atomic E-state index is 12.3. The van der Waals surface area contributed by atoms with Crippen LogP contribution in [0.4, 0.5) is 0 Å². The molecule has 0 heterocycles.